The molecule has 7 nitrogen and oxygen atoms in total. The molecule has 0 aliphatic heterocycles. The van der Waals surface area contributed by atoms with Crippen molar-refractivity contribution in [2.24, 2.45) is 23.3 Å². The van der Waals surface area contributed by atoms with Crippen molar-refractivity contribution in [1.82, 2.24) is 4.37 Å². The summed E-state index contributed by atoms with van der Waals surface area (Å²) < 4.78 is 4.25. The Hall–Kier alpha value is -2.61. The van der Waals surface area contributed by atoms with Gasteiger partial charge in [0.05, 0.1) is 16.9 Å². The molecule has 2 amide bonds. The number of primary amides is 2. The maximum absolute atomic E-state index is 12.4. The number of nitrogens with zero attached hydrogens (tertiary/aromatic N) is 1. The van der Waals surface area contributed by atoms with Crippen LogP contribution in [0.15, 0.2) is 24.3 Å². The number of benzene rings is 1. The summed E-state index contributed by atoms with van der Waals surface area (Å²) in [5.74, 6) is 0.0182. The van der Waals surface area contributed by atoms with E-state index in [1.165, 1.54) is 24.4 Å². The molecule has 2 aliphatic carbocycles. The van der Waals surface area contributed by atoms with Crippen LogP contribution in [0.4, 0.5) is 16.4 Å². The Bertz CT molecular complexity index is 927. The van der Waals surface area contributed by atoms with Crippen LogP contribution in [0.1, 0.15) is 48.2 Å². The summed E-state index contributed by atoms with van der Waals surface area (Å²) in [5.41, 5.74) is 13.3. The van der Waals surface area contributed by atoms with Crippen molar-refractivity contribution in [2.45, 2.75) is 44.6 Å². The number of amides is 2. The van der Waals surface area contributed by atoms with E-state index in [0.717, 1.165) is 35.6 Å². The van der Waals surface area contributed by atoms with Gasteiger partial charge in [0, 0.05) is 5.69 Å². The zero-order valence-electron chi connectivity index (χ0n) is 15.8. The molecule has 0 radical (unpaired) electrons. The lowest BCUT2D eigenvalue weighted by molar-refractivity contribution is -0.133. The third-order valence-electron chi connectivity index (χ3n) is 6.10. The number of nitrogens with one attached hydrogen (secondary N) is 2. The van der Waals surface area contributed by atoms with Crippen LogP contribution in [-0.2, 0) is 4.79 Å². The summed E-state index contributed by atoms with van der Waals surface area (Å²) in [6.45, 7) is 1.91. The second-order valence-corrected chi connectivity index (χ2v) is 8.70. The molecule has 3 unspecified atom stereocenters. The van der Waals surface area contributed by atoms with Gasteiger partial charge in [0.2, 0.25) is 5.91 Å². The highest BCUT2D eigenvalue weighted by atomic mass is 32.1. The van der Waals surface area contributed by atoms with Crippen molar-refractivity contribution in [2.75, 3.05) is 10.6 Å². The van der Waals surface area contributed by atoms with E-state index in [0.29, 0.717) is 17.2 Å². The minimum Gasteiger partial charge on any atom is -0.371 e. The number of hydrogen-bond acceptors (Lipinski definition) is 6. The number of aromatic nitrogens is 1. The maximum Gasteiger partial charge on any atom is 0.250 e. The van der Waals surface area contributed by atoms with Gasteiger partial charge in [-0.1, -0.05) is 12.8 Å². The van der Waals surface area contributed by atoms with Crippen LogP contribution in [0, 0.1) is 18.8 Å². The number of aryl methyl sites for hydroxylation is 1. The second-order valence-electron chi connectivity index (χ2n) is 7.90. The topological polar surface area (TPSA) is 123 Å². The van der Waals surface area contributed by atoms with E-state index >= 15 is 0 Å². The van der Waals surface area contributed by atoms with E-state index in [2.05, 4.69) is 15.0 Å². The van der Waals surface area contributed by atoms with Crippen LogP contribution < -0.4 is 22.1 Å². The van der Waals surface area contributed by atoms with Crippen molar-refractivity contribution < 1.29 is 9.59 Å². The van der Waals surface area contributed by atoms with E-state index in [1.807, 2.05) is 19.1 Å². The molecular formula is C20H25N5O2S. The van der Waals surface area contributed by atoms with Gasteiger partial charge < -0.3 is 22.1 Å². The molecule has 0 spiro atoms. The molecule has 6 N–H and O–H groups in total. The van der Waals surface area contributed by atoms with E-state index in [4.69, 9.17) is 11.5 Å². The van der Waals surface area contributed by atoms with Crippen molar-refractivity contribution in [1.29, 1.82) is 0 Å². The summed E-state index contributed by atoms with van der Waals surface area (Å²) in [7, 11) is 0. The summed E-state index contributed by atoms with van der Waals surface area (Å²) in [6, 6.07) is 7.17. The van der Waals surface area contributed by atoms with Crippen LogP contribution in [0.25, 0.3) is 0 Å². The fraction of sp³-hybridized carbons (Fsp3) is 0.450. The molecular weight excluding hydrogens is 374 g/mol. The summed E-state index contributed by atoms with van der Waals surface area (Å²) in [6.07, 6.45) is 5.31. The monoisotopic (exact) mass is 399 g/mol. The highest BCUT2D eigenvalue weighted by Crippen LogP contribution is 2.53. The Labute approximate surface area is 168 Å². The van der Waals surface area contributed by atoms with Gasteiger partial charge >= 0.3 is 0 Å². The van der Waals surface area contributed by atoms with Crippen LogP contribution in [0.5, 0.6) is 0 Å². The Kier molecular flexibility index (Phi) is 4.74. The molecule has 3 atom stereocenters. The zero-order valence-corrected chi connectivity index (χ0v) is 16.6. The van der Waals surface area contributed by atoms with E-state index in [1.54, 1.807) is 12.1 Å². The van der Waals surface area contributed by atoms with Crippen LogP contribution in [-0.4, -0.2) is 21.7 Å². The molecule has 1 aromatic heterocycles. The molecule has 4 rings (SSSR count). The van der Waals surface area contributed by atoms with Crippen molar-refractivity contribution in [3.63, 3.8) is 0 Å². The standard InChI is InChI=1S/C20H25N5O2S/c1-11-8-17(28-25-11)23-16-9-13(6-7-14(16)18(21)26)24-20(19(22)27)10-12-4-2-3-5-15(12)20/h6-9,12,15,23-24H,2-5,10H2,1H3,(H2,21,26)(H2,22,27). The van der Waals surface area contributed by atoms with E-state index in [9.17, 15) is 9.59 Å². The highest BCUT2D eigenvalue weighted by molar-refractivity contribution is 7.10. The number of nitrogens with two attached hydrogens (primary N) is 2. The number of hydrogen-bond donors (Lipinski definition) is 4. The largest absolute Gasteiger partial charge is 0.371 e. The minimum atomic E-state index is -0.711. The van der Waals surface area contributed by atoms with Gasteiger partial charge in [-0.25, -0.2) is 0 Å². The summed E-state index contributed by atoms with van der Waals surface area (Å²) >= 11 is 1.31. The average Bonchev–Trinajstić information content (AvgIpc) is 3.04. The lowest BCUT2D eigenvalue weighted by Crippen LogP contribution is -2.67. The van der Waals surface area contributed by atoms with Crippen LogP contribution in [0.3, 0.4) is 0 Å². The van der Waals surface area contributed by atoms with Crippen LogP contribution in [0.2, 0.25) is 0 Å². The maximum atomic E-state index is 12.4. The number of anilines is 3. The third-order valence-corrected chi connectivity index (χ3v) is 6.90. The lowest BCUT2D eigenvalue weighted by Gasteiger charge is -2.56. The smallest absolute Gasteiger partial charge is 0.250 e. The number of carbonyl (C=O) groups is 2. The Balaban J connectivity index is 1.63. The molecule has 1 heterocycles. The highest BCUT2D eigenvalue weighted by Gasteiger charge is 2.58. The fourth-order valence-electron chi connectivity index (χ4n) is 4.75. The van der Waals surface area contributed by atoms with E-state index < -0.39 is 11.4 Å². The number of fused-ring (bicyclic) bond motifs is 1. The summed E-state index contributed by atoms with van der Waals surface area (Å²) in [4.78, 5) is 24.2. The molecule has 2 saturated carbocycles. The first-order chi connectivity index (χ1) is 13.4. The molecule has 2 aliphatic rings. The molecule has 8 heteroatoms. The molecule has 1 aromatic carbocycles. The normalized spacial score (nSPS) is 26.0. The Morgan fingerprint density at radius 2 is 2.00 bits per heavy atom. The molecule has 2 fully saturated rings. The fourth-order valence-corrected chi connectivity index (χ4v) is 5.42. The van der Waals surface area contributed by atoms with Gasteiger partial charge in [0.1, 0.15) is 10.5 Å². The predicted molar refractivity (Wildman–Crippen MR) is 111 cm³/mol. The zero-order chi connectivity index (χ0) is 19.9. The minimum absolute atomic E-state index is 0.273. The van der Waals surface area contributed by atoms with Crippen molar-refractivity contribution >= 4 is 39.7 Å². The van der Waals surface area contributed by atoms with Gasteiger partial charge in [-0.2, -0.15) is 4.37 Å². The van der Waals surface area contributed by atoms with Gasteiger partial charge in [-0.05, 0) is 73.8 Å². The number of carbonyl (C=O) groups excluding carboxylic acids is 2. The van der Waals surface area contributed by atoms with Gasteiger partial charge in [-0.15, -0.1) is 0 Å². The number of rotatable bonds is 6. The van der Waals surface area contributed by atoms with Crippen molar-refractivity contribution in [3.05, 3.63) is 35.5 Å². The molecule has 2 aromatic rings. The lowest BCUT2D eigenvalue weighted by atomic mass is 9.53. The molecule has 28 heavy (non-hydrogen) atoms. The van der Waals surface area contributed by atoms with Gasteiger partial charge in [-0.3, -0.25) is 9.59 Å². The van der Waals surface area contributed by atoms with Crippen LogP contribution >= 0.6 is 11.5 Å². The predicted octanol–water partition coefficient (Wildman–Crippen LogP) is 3.14. The average molecular weight is 400 g/mol. The van der Waals surface area contributed by atoms with Gasteiger partial charge in [0.25, 0.3) is 5.91 Å². The molecule has 148 valence electrons. The SMILES string of the molecule is Cc1cc(Nc2cc(NC3(C(N)=O)CC4CCCCC43)ccc2C(N)=O)sn1. The molecule has 0 bridgehead atoms. The second kappa shape index (κ2) is 7.09. The quantitative estimate of drug-likeness (QED) is 0.594. The first kappa shape index (κ1) is 18.7. The summed E-state index contributed by atoms with van der Waals surface area (Å²) in [5, 5.41) is 7.45. The first-order valence-corrected chi connectivity index (χ1v) is 10.4. The van der Waals surface area contributed by atoms with Crippen molar-refractivity contribution in [3.8, 4) is 0 Å². The Morgan fingerprint density at radius 3 is 2.64 bits per heavy atom. The van der Waals surface area contributed by atoms with Gasteiger partial charge in [0.15, 0.2) is 0 Å². The Morgan fingerprint density at radius 1 is 1.21 bits per heavy atom. The third kappa shape index (κ3) is 3.22. The first-order valence-electron chi connectivity index (χ1n) is 9.61. The molecule has 0 saturated heterocycles. The van der Waals surface area contributed by atoms with E-state index in [-0.39, 0.29) is 11.8 Å².